The maximum absolute atomic E-state index is 11.3. The Morgan fingerprint density at radius 2 is 1.82 bits per heavy atom. The number of ether oxygens (including phenoxy) is 1. The van der Waals surface area contributed by atoms with Crippen molar-refractivity contribution in [1.82, 2.24) is 0 Å². The fourth-order valence-electron chi connectivity index (χ4n) is 1.37. The van der Waals surface area contributed by atoms with Crippen LogP contribution >= 0.6 is 0 Å². The minimum atomic E-state index is -0.899. The number of carbonyl (C=O) groups is 1. The van der Waals surface area contributed by atoms with Gasteiger partial charge in [-0.25, -0.2) is 4.79 Å². The number of esters is 1. The number of hydrogen-bond acceptors (Lipinski definition) is 6. The van der Waals surface area contributed by atoms with E-state index in [-0.39, 0.29) is 11.1 Å². The molecule has 0 spiro atoms. The Balaban J connectivity index is 3.54. The molecular formula is C9H8N2O6. The lowest BCUT2D eigenvalue weighted by Gasteiger charge is -2.04. The summed E-state index contributed by atoms with van der Waals surface area (Å²) in [5.41, 5.74) is -1.23. The summed E-state index contributed by atoms with van der Waals surface area (Å²) < 4.78 is 4.40. The topological polar surface area (TPSA) is 113 Å². The van der Waals surface area contributed by atoms with Crippen molar-refractivity contribution in [2.45, 2.75) is 6.92 Å². The van der Waals surface area contributed by atoms with E-state index in [1.54, 1.807) is 0 Å². The maximum atomic E-state index is 11.3. The van der Waals surface area contributed by atoms with Crippen molar-refractivity contribution in [2.24, 2.45) is 0 Å². The molecular weight excluding hydrogens is 232 g/mol. The van der Waals surface area contributed by atoms with Crippen LogP contribution in [-0.4, -0.2) is 22.9 Å². The predicted octanol–water partition coefficient (Wildman–Crippen LogP) is 1.60. The normalized spacial score (nSPS) is 9.76. The van der Waals surface area contributed by atoms with Crippen LogP contribution in [0, 0.1) is 27.2 Å². The first-order chi connectivity index (χ1) is 7.88. The Kier molecular flexibility index (Phi) is 3.37. The highest BCUT2D eigenvalue weighted by molar-refractivity contribution is 5.96. The Morgan fingerprint density at radius 1 is 1.24 bits per heavy atom. The van der Waals surface area contributed by atoms with Gasteiger partial charge in [0.2, 0.25) is 0 Å². The second-order valence-electron chi connectivity index (χ2n) is 3.16. The van der Waals surface area contributed by atoms with Crippen molar-refractivity contribution in [2.75, 3.05) is 7.11 Å². The summed E-state index contributed by atoms with van der Waals surface area (Å²) in [5, 5.41) is 21.3. The van der Waals surface area contributed by atoms with Crippen molar-refractivity contribution in [3.05, 3.63) is 43.5 Å². The minimum absolute atomic E-state index is 0.123. The highest BCUT2D eigenvalue weighted by atomic mass is 16.6. The molecule has 0 amide bonds. The van der Waals surface area contributed by atoms with E-state index in [0.717, 1.165) is 19.2 Å². The molecule has 1 rings (SSSR count). The van der Waals surface area contributed by atoms with E-state index >= 15 is 0 Å². The number of carbonyl (C=O) groups excluding carboxylic acids is 1. The second kappa shape index (κ2) is 4.56. The fourth-order valence-corrected chi connectivity index (χ4v) is 1.37. The number of rotatable bonds is 3. The fraction of sp³-hybridized carbons (Fsp3) is 0.222. The number of methoxy groups -OCH3 is 1. The molecule has 0 aliphatic rings. The molecule has 8 heteroatoms. The predicted molar refractivity (Wildman–Crippen MR) is 55.8 cm³/mol. The molecule has 0 aliphatic carbocycles. The Morgan fingerprint density at radius 3 is 2.24 bits per heavy atom. The average Bonchev–Trinajstić information content (AvgIpc) is 2.26. The highest BCUT2D eigenvalue weighted by Crippen LogP contribution is 2.28. The zero-order valence-corrected chi connectivity index (χ0v) is 9.00. The number of aryl methyl sites for hydroxylation is 1. The molecule has 8 nitrogen and oxygen atoms in total. The van der Waals surface area contributed by atoms with Gasteiger partial charge in [0.15, 0.2) is 0 Å². The third kappa shape index (κ3) is 2.36. The molecule has 0 bridgehead atoms. The summed E-state index contributed by atoms with van der Waals surface area (Å²) in [6.45, 7) is 1.37. The van der Waals surface area contributed by atoms with Gasteiger partial charge >= 0.3 is 5.97 Å². The SMILES string of the molecule is COC(=O)c1c(C)cc([N+](=O)[O-])cc1[N+](=O)[O-]. The monoisotopic (exact) mass is 240 g/mol. The van der Waals surface area contributed by atoms with Crippen molar-refractivity contribution in [1.29, 1.82) is 0 Å². The van der Waals surface area contributed by atoms with Gasteiger partial charge in [-0.2, -0.15) is 0 Å². The molecule has 0 heterocycles. The van der Waals surface area contributed by atoms with Crippen LogP contribution < -0.4 is 0 Å². The molecule has 0 aliphatic heterocycles. The van der Waals surface area contributed by atoms with Crippen molar-refractivity contribution in [3.8, 4) is 0 Å². The number of benzene rings is 1. The van der Waals surface area contributed by atoms with Crippen molar-refractivity contribution >= 4 is 17.3 Å². The van der Waals surface area contributed by atoms with Crippen LogP contribution in [0.4, 0.5) is 11.4 Å². The van der Waals surface area contributed by atoms with Gasteiger partial charge in [-0.1, -0.05) is 0 Å². The third-order valence-electron chi connectivity index (χ3n) is 2.10. The molecule has 0 N–H and O–H groups in total. The summed E-state index contributed by atoms with van der Waals surface area (Å²) in [4.78, 5) is 31.0. The highest BCUT2D eigenvalue weighted by Gasteiger charge is 2.27. The van der Waals surface area contributed by atoms with Crippen LogP contribution in [0.25, 0.3) is 0 Å². The first-order valence-corrected chi connectivity index (χ1v) is 4.40. The van der Waals surface area contributed by atoms with E-state index in [2.05, 4.69) is 4.74 Å². The van der Waals surface area contributed by atoms with Gasteiger partial charge in [0.1, 0.15) is 5.56 Å². The molecule has 1 aromatic carbocycles. The van der Waals surface area contributed by atoms with Crippen molar-refractivity contribution in [3.63, 3.8) is 0 Å². The molecule has 0 fully saturated rings. The Labute approximate surface area is 95.1 Å². The molecule has 0 atom stereocenters. The molecule has 0 aromatic heterocycles. The molecule has 1 aromatic rings. The van der Waals surface area contributed by atoms with Gasteiger partial charge < -0.3 is 4.74 Å². The first-order valence-electron chi connectivity index (χ1n) is 4.40. The van der Waals surface area contributed by atoms with Crippen LogP contribution in [0.15, 0.2) is 12.1 Å². The molecule has 0 unspecified atom stereocenters. The van der Waals surface area contributed by atoms with E-state index < -0.39 is 27.2 Å². The number of nitro groups is 2. The largest absolute Gasteiger partial charge is 0.465 e. The van der Waals surface area contributed by atoms with Crippen molar-refractivity contribution < 1.29 is 19.4 Å². The lowest BCUT2D eigenvalue weighted by molar-refractivity contribution is -0.394. The maximum Gasteiger partial charge on any atom is 0.345 e. The molecule has 0 radical (unpaired) electrons. The van der Waals surface area contributed by atoms with E-state index in [1.807, 2.05) is 0 Å². The minimum Gasteiger partial charge on any atom is -0.465 e. The van der Waals surface area contributed by atoms with Crippen LogP contribution in [0.5, 0.6) is 0 Å². The number of nitrogens with zero attached hydrogens (tertiary/aromatic N) is 2. The zero-order chi connectivity index (χ0) is 13.2. The number of nitro benzene ring substituents is 2. The summed E-state index contributed by atoms with van der Waals surface area (Å²) in [6, 6.07) is 1.82. The lowest BCUT2D eigenvalue weighted by atomic mass is 10.1. The smallest absolute Gasteiger partial charge is 0.345 e. The van der Waals surface area contributed by atoms with Gasteiger partial charge in [-0.15, -0.1) is 0 Å². The Bertz CT molecular complexity index is 510. The molecule has 17 heavy (non-hydrogen) atoms. The summed E-state index contributed by atoms with van der Waals surface area (Å²) >= 11 is 0. The van der Waals surface area contributed by atoms with E-state index in [0.29, 0.717) is 0 Å². The second-order valence-corrected chi connectivity index (χ2v) is 3.16. The standard InChI is InChI=1S/C9H8N2O6/c1-5-3-6(10(13)14)4-7(11(15)16)8(5)9(12)17-2/h3-4H,1-2H3. The van der Waals surface area contributed by atoms with Crippen LogP contribution in [0.2, 0.25) is 0 Å². The van der Waals surface area contributed by atoms with Gasteiger partial charge in [0.25, 0.3) is 11.4 Å². The van der Waals surface area contributed by atoms with Crippen LogP contribution in [0.3, 0.4) is 0 Å². The molecule has 0 saturated heterocycles. The molecule has 0 saturated carbocycles. The third-order valence-corrected chi connectivity index (χ3v) is 2.10. The summed E-state index contributed by atoms with van der Waals surface area (Å²) in [6.07, 6.45) is 0. The van der Waals surface area contributed by atoms with Crippen LogP contribution in [-0.2, 0) is 4.74 Å². The van der Waals surface area contributed by atoms with E-state index in [1.165, 1.54) is 6.92 Å². The zero-order valence-electron chi connectivity index (χ0n) is 9.00. The van der Waals surface area contributed by atoms with Crippen LogP contribution in [0.1, 0.15) is 15.9 Å². The van der Waals surface area contributed by atoms with E-state index in [4.69, 9.17) is 0 Å². The van der Waals surface area contributed by atoms with Gasteiger partial charge in [-0.3, -0.25) is 20.2 Å². The lowest BCUT2D eigenvalue weighted by Crippen LogP contribution is -2.08. The Hall–Kier alpha value is -2.51. The average molecular weight is 240 g/mol. The van der Waals surface area contributed by atoms with E-state index in [9.17, 15) is 25.0 Å². The van der Waals surface area contributed by atoms with Gasteiger partial charge in [0.05, 0.1) is 23.0 Å². The molecule has 90 valence electrons. The van der Waals surface area contributed by atoms with Gasteiger partial charge in [0, 0.05) is 6.07 Å². The summed E-state index contributed by atoms with van der Waals surface area (Å²) in [5.74, 6) is -0.899. The summed E-state index contributed by atoms with van der Waals surface area (Å²) in [7, 11) is 1.08. The van der Waals surface area contributed by atoms with Gasteiger partial charge in [-0.05, 0) is 12.5 Å². The quantitative estimate of drug-likeness (QED) is 0.450. The number of hydrogen-bond donors (Lipinski definition) is 0. The first kappa shape index (κ1) is 12.6. The number of non-ortho nitro benzene ring substituents is 1.